The summed E-state index contributed by atoms with van der Waals surface area (Å²) in [4.78, 5) is 14.9. The van der Waals surface area contributed by atoms with E-state index in [1.807, 2.05) is 18.2 Å². The minimum Gasteiger partial charge on any atom is -0.351 e. The minimum atomic E-state index is -0.361. The minimum absolute atomic E-state index is 0.287. The second-order valence-corrected chi connectivity index (χ2v) is 4.89. The molecule has 1 aromatic carbocycles. The third-order valence-corrected chi connectivity index (χ3v) is 3.91. The zero-order valence-corrected chi connectivity index (χ0v) is 10.1. The van der Waals surface area contributed by atoms with E-state index < -0.39 is 0 Å². The molecular weight excluding hydrogens is 210 g/mol. The molecule has 0 fully saturated rings. The molecule has 2 aliphatic rings. The summed E-state index contributed by atoms with van der Waals surface area (Å²) in [6.45, 7) is 3.04. The molecule has 3 rings (SSSR count). The zero-order valence-electron chi connectivity index (χ0n) is 10.1. The molecule has 0 saturated heterocycles. The third kappa shape index (κ3) is 1.30. The number of fused-ring (bicyclic) bond motifs is 3. The van der Waals surface area contributed by atoms with Crippen LogP contribution in [0.3, 0.4) is 0 Å². The summed E-state index contributed by atoms with van der Waals surface area (Å²) in [5.74, 6) is 0.287. The van der Waals surface area contributed by atoms with Crippen molar-refractivity contribution in [1.82, 2.24) is 0 Å². The molecule has 2 aliphatic heterocycles. The van der Waals surface area contributed by atoms with Gasteiger partial charge >= 0.3 is 0 Å². The number of Topliss-reactive ketones (excluding diaryl/α,β-unsaturated/α-hetero) is 1. The SMILES string of the molecule is CCCCC12C=CCN1c1ccccc1C2=O. The Morgan fingerprint density at radius 3 is 3.00 bits per heavy atom. The van der Waals surface area contributed by atoms with Crippen molar-refractivity contribution in [1.29, 1.82) is 0 Å². The fraction of sp³-hybridized carbons (Fsp3) is 0.400. The van der Waals surface area contributed by atoms with Crippen LogP contribution in [0.25, 0.3) is 0 Å². The fourth-order valence-electron chi connectivity index (χ4n) is 3.03. The number of carbonyl (C=O) groups excluding carboxylic acids is 1. The Labute approximate surface area is 102 Å². The van der Waals surface area contributed by atoms with Crippen LogP contribution in [0, 0.1) is 0 Å². The van der Waals surface area contributed by atoms with Crippen LogP contribution < -0.4 is 4.90 Å². The standard InChI is InChI=1S/C15H17NO/c1-2-3-9-15-10-6-11-16(15)13-8-5-4-7-12(13)14(15)17/h4-8,10H,2-3,9,11H2,1H3. The molecule has 88 valence electrons. The molecule has 0 N–H and O–H groups in total. The number of hydrogen-bond donors (Lipinski definition) is 0. The van der Waals surface area contributed by atoms with E-state index in [0.717, 1.165) is 37.1 Å². The lowest BCUT2D eigenvalue weighted by Crippen LogP contribution is -2.45. The average Bonchev–Trinajstić information content (AvgIpc) is 2.88. The van der Waals surface area contributed by atoms with Gasteiger partial charge in [0.1, 0.15) is 5.54 Å². The molecule has 1 unspecified atom stereocenters. The van der Waals surface area contributed by atoms with E-state index in [2.05, 4.69) is 30.0 Å². The molecule has 2 heteroatoms. The van der Waals surface area contributed by atoms with Crippen molar-refractivity contribution in [2.45, 2.75) is 31.7 Å². The number of rotatable bonds is 3. The van der Waals surface area contributed by atoms with Crippen LogP contribution in [-0.4, -0.2) is 17.9 Å². The Kier molecular flexibility index (Phi) is 2.32. The number of benzene rings is 1. The molecule has 0 amide bonds. The van der Waals surface area contributed by atoms with Crippen molar-refractivity contribution in [2.24, 2.45) is 0 Å². The van der Waals surface area contributed by atoms with Gasteiger partial charge in [0.15, 0.2) is 5.78 Å². The van der Waals surface area contributed by atoms with E-state index in [1.165, 1.54) is 0 Å². The summed E-state index contributed by atoms with van der Waals surface area (Å²) < 4.78 is 0. The number of carbonyl (C=O) groups is 1. The van der Waals surface area contributed by atoms with Crippen LogP contribution in [0.4, 0.5) is 5.69 Å². The monoisotopic (exact) mass is 227 g/mol. The molecule has 2 nitrogen and oxygen atoms in total. The van der Waals surface area contributed by atoms with Crippen LogP contribution in [0.2, 0.25) is 0 Å². The van der Waals surface area contributed by atoms with E-state index in [9.17, 15) is 4.79 Å². The number of hydrogen-bond acceptors (Lipinski definition) is 2. The lowest BCUT2D eigenvalue weighted by Gasteiger charge is -2.31. The summed E-state index contributed by atoms with van der Waals surface area (Å²) in [6, 6.07) is 7.99. The Balaban J connectivity index is 2.06. The maximum absolute atomic E-state index is 12.6. The summed E-state index contributed by atoms with van der Waals surface area (Å²) in [5.41, 5.74) is 1.64. The van der Waals surface area contributed by atoms with Gasteiger partial charge in [-0.25, -0.2) is 0 Å². The quantitative estimate of drug-likeness (QED) is 0.739. The second kappa shape index (κ2) is 3.73. The topological polar surface area (TPSA) is 20.3 Å². The number of para-hydroxylation sites is 1. The Morgan fingerprint density at radius 1 is 1.35 bits per heavy atom. The maximum Gasteiger partial charge on any atom is 0.194 e. The molecule has 0 saturated carbocycles. The molecule has 0 aliphatic carbocycles. The van der Waals surface area contributed by atoms with E-state index in [1.54, 1.807) is 0 Å². The highest BCUT2D eigenvalue weighted by Gasteiger charge is 2.50. The van der Waals surface area contributed by atoms with E-state index in [4.69, 9.17) is 0 Å². The number of unbranched alkanes of at least 4 members (excludes halogenated alkanes) is 1. The predicted molar refractivity (Wildman–Crippen MR) is 69.5 cm³/mol. The first-order valence-corrected chi connectivity index (χ1v) is 6.39. The largest absolute Gasteiger partial charge is 0.351 e. The molecule has 0 radical (unpaired) electrons. The van der Waals surface area contributed by atoms with Crippen LogP contribution in [0.1, 0.15) is 36.5 Å². The van der Waals surface area contributed by atoms with Gasteiger partial charge in [0.2, 0.25) is 0 Å². The maximum atomic E-state index is 12.6. The van der Waals surface area contributed by atoms with Crippen LogP contribution in [-0.2, 0) is 0 Å². The Morgan fingerprint density at radius 2 is 2.18 bits per heavy atom. The molecule has 1 atom stereocenters. The second-order valence-electron chi connectivity index (χ2n) is 4.89. The molecule has 0 bridgehead atoms. The number of nitrogens with zero attached hydrogens (tertiary/aromatic N) is 1. The average molecular weight is 227 g/mol. The predicted octanol–water partition coefficient (Wildman–Crippen LogP) is 3.19. The van der Waals surface area contributed by atoms with Gasteiger partial charge in [-0.3, -0.25) is 4.79 Å². The summed E-state index contributed by atoms with van der Waals surface area (Å²) >= 11 is 0. The smallest absolute Gasteiger partial charge is 0.194 e. The number of ketones is 1. The molecule has 1 aromatic rings. The van der Waals surface area contributed by atoms with Crippen LogP contribution in [0.15, 0.2) is 36.4 Å². The van der Waals surface area contributed by atoms with Crippen LogP contribution >= 0.6 is 0 Å². The molecule has 0 spiro atoms. The van der Waals surface area contributed by atoms with E-state index in [-0.39, 0.29) is 11.3 Å². The molecule has 2 heterocycles. The summed E-state index contributed by atoms with van der Waals surface area (Å²) in [6.07, 6.45) is 7.41. The fourth-order valence-corrected chi connectivity index (χ4v) is 3.03. The molecule has 17 heavy (non-hydrogen) atoms. The van der Waals surface area contributed by atoms with Gasteiger partial charge in [-0.15, -0.1) is 0 Å². The first kappa shape index (κ1) is 10.6. The van der Waals surface area contributed by atoms with Gasteiger partial charge < -0.3 is 4.90 Å². The van der Waals surface area contributed by atoms with Crippen molar-refractivity contribution < 1.29 is 4.79 Å². The Bertz CT molecular complexity index is 491. The van der Waals surface area contributed by atoms with Gasteiger partial charge in [0.05, 0.1) is 0 Å². The number of anilines is 1. The van der Waals surface area contributed by atoms with E-state index >= 15 is 0 Å². The summed E-state index contributed by atoms with van der Waals surface area (Å²) in [5, 5.41) is 0. The van der Waals surface area contributed by atoms with Gasteiger partial charge in [0.25, 0.3) is 0 Å². The first-order valence-electron chi connectivity index (χ1n) is 6.39. The summed E-state index contributed by atoms with van der Waals surface area (Å²) in [7, 11) is 0. The zero-order chi connectivity index (χ0) is 11.9. The third-order valence-electron chi connectivity index (χ3n) is 3.91. The van der Waals surface area contributed by atoms with Crippen molar-refractivity contribution in [3.63, 3.8) is 0 Å². The van der Waals surface area contributed by atoms with Gasteiger partial charge in [-0.1, -0.05) is 44.1 Å². The van der Waals surface area contributed by atoms with Crippen molar-refractivity contribution in [2.75, 3.05) is 11.4 Å². The highest BCUT2D eigenvalue weighted by atomic mass is 16.1. The van der Waals surface area contributed by atoms with Crippen LogP contribution in [0.5, 0.6) is 0 Å². The van der Waals surface area contributed by atoms with E-state index in [0.29, 0.717) is 0 Å². The lowest BCUT2D eigenvalue weighted by atomic mass is 9.88. The first-order chi connectivity index (χ1) is 8.29. The van der Waals surface area contributed by atoms with Gasteiger partial charge in [-0.05, 0) is 18.6 Å². The molecular formula is C15H17NO. The van der Waals surface area contributed by atoms with Crippen molar-refractivity contribution >= 4 is 11.5 Å². The van der Waals surface area contributed by atoms with Gasteiger partial charge in [0, 0.05) is 17.8 Å². The normalized spacial score (nSPS) is 25.2. The van der Waals surface area contributed by atoms with Crippen molar-refractivity contribution in [3.05, 3.63) is 42.0 Å². The lowest BCUT2D eigenvalue weighted by molar-refractivity contribution is 0.0929. The van der Waals surface area contributed by atoms with Gasteiger partial charge in [-0.2, -0.15) is 0 Å². The highest BCUT2D eigenvalue weighted by Crippen LogP contribution is 2.44. The Hall–Kier alpha value is -1.57. The van der Waals surface area contributed by atoms with Crippen molar-refractivity contribution in [3.8, 4) is 0 Å². The molecule has 0 aromatic heterocycles. The highest BCUT2D eigenvalue weighted by molar-refractivity contribution is 6.15.